The molecule has 110 valence electrons. The summed E-state index contributed by atoms with van der Waals surface area (Å²) in [5.41, 5.74) is 6.09. The Morgan fingerprint density at radius 1 is 1.24 bits per heavy atom. The summed E-state index contributed by atoms with van der Waals surface area (Å²) in [6, 6.07) is 11.3. The first kappa shape index (κ1) is 14.8. The Labute approximate surface area is 122 Å². The van der Waals surface area contributed by atoms with Crippen molar-refractivity contribution in [1.29, 1.82) is 0 Å². The molecule has 0 aliphatic carbocycles. The van der Waals surface area contributed by atoms with Crippen LogP contribution in [0.25, 0.3) is 0 Å². The molecular weight excluding hydrogens is 268 g/mol. The van der Waals surface area contributed by atoms with E-state index in [1.807, 2.05) is 37.3 Å². The van der Waals surface area contributed by atoms with E-state index in [2.05, 4.69) is 0 Å². The molecule has 0 unspecified atom stereocenters. The molecule has 1 heterocycles. The van der Waals surface area contributed by atoms with E-state index in [9.17, 15) is 14.7 Å². The molecule has 0 fully saturated rings. The summed E-state index contributed by atoms with van der Waals surface area (Å²) in [4.78, 5) is 23.4. The standard InChI is InChI=1S/C16H18N2O3/c1-2-18-12(9-8-11-6-4-3-5-7-11)10-13(19)14(15(17)20)16(18)21/h3-7,10,19H,2,8-9H2,1H3,(H2,17,20). The molecule has 0 spiro atoms. The van der Waals surface area contributed by atoms with Crippen molar-refractivity contribution in [3.8, 4) is 5.75 Å². The van der Waals surface area contributed by atoms with Crippen LogP contribution in [0.4, 0.5) is 0 Å². The van der Waals surface area contributed by atoms with Crippen molar-refractivity contribution in [2.24, 2.45) is 5.73 Å². The van der Waals surface area contributed by atoms with Gasteiger partial charge in [-0.15, -0.1) is 0 Å². The average molecular weight is 286 g/mol. The maximum absolute atomic E-state index is 12.2. The lowest BCUT2D eigenvalue weighted by atomic mass is 10.1. The van der Waals surface area contributed by atoms with E-state index in [0.29, 0.717) is 18.7 Å². The van der Waals surface area contributed by atoms with E-state index in [0.717, 1.165) is 12.0 Å². The number of benzene rings is 1. The molecular formula is C16H18N2O3. The van der Waals surface area contributed by atoms with E-state index in [1.54, 1.807) is 0 Å². The SMILES string of the molecule is CCn1c(CCc2ccccc2)cc(O)c(C(N)=O)c1=O. The van der Waals surface area contributed by atoms with Gasteiger partial charge in [0.15, 0.2) is 0 Å². The molecule has 1 aromatic heterocycles. The zero-order chi connectivity index (χ0) is 15.4. The predicted octanol–water partition coefficient (Wildman–Crippen LogP) is 1.46. The van der Waals surface area contributed by atoms with Gasteiger partial charge in [-0.1, -0.05) is 30.3 Å². The maximum atomic E-state index is 12.2. The summed E-state index contributed by atoms with van der Waals surface area (Å²) in [7, 11) is 0. The fourth-order valence-electron chi connectivity index (χ4n) is 2.39. The van der Waals surface area contributed by atoms with Crippen LogP contribution in [-0.2, 0) is 19.4 Å². The number of aromatic nitrogens is 1. The molecule has 0 bridgehead atoms. The van der Waals surface area contributed by atoms with Gasteiger partial charge in [-0.3, -0.25) is 9.59 Å². The lowest BCUT2D eigenvalue weighted by molar-refractivity contribution is 0.0995. The van der Waals surface area contributed by atoms with Gasteiger partial charge >= 0.3 is 0 Å². The van der Waals surface area contributed by atoms with Crippen molar-refractivity contribution < 1.29 is 9.90 Å². The van der Waals surface area contributed by atoms with E-state index in [1.165, 1.54) is 10.6 Å². The van der Waals surface area contributed by atoms with E-state index >= 15 is 0 Å². The van der Waals surface area contributed by atoms with Crippen molar-refractivity contribution in [2.75, 3.05) is 0 Å². The van der Waals surface area contributed by atoms with Gasteiger partial charge in [-0.2, -0.15) is 0 Å². The van der Waals surface area contributed by atoms with Crippen LogP contribution in [0, 0.1) is 0 Å². The van der Waals surface area contributed by atoms with Gasteiger partial charge < -0.3 is 15.4 Å². The van der Waals surface area contributed by atoms with Gasteiger partial charge in [0.25, 0.3) is 11.5 Å². The minimum Gasteiger partial charge on any atom is -0.507 e. The average Bonchev–Trinajstić information content (AvgIpc) is 2.45. The Bertz CT molecular complexity index is 705. The third-order valence-electron chi connectivity index (χ3n) is 3.44. The summed E-state index contributed by atoms with van der Waals surface area (Å²) in [5.74, 6) is -1.26. The zero-order valence-electron chi connectivity index (χ0n) is 11.9. The van der Waals surface area contributed by atoms with E-state index in [-0.39, 0.29) is 11.3 Å². The summed E-state index contributed by atoms with van der Waals surface area (Å²) in [6.45, 7) is 2.23. The van der Waals surface area contributed by atoms with E-state index in [4.69, 9.17) is 5.73 Å². The van der Waals surface area contributed by atoms with Gasteiger partial charge in [0.1, 0.15) is 11.3 Å². The molecule has 3 N–H and O–H groups in total. The fourth-order valence-corrected chi connectivity index (χ4v) is 2.39. The largest absolute Gasteiger partial charge is 0.507 e. The van der Waals surface area contributed by atoms with Crippen LogP contribution in [0.3, 0.4) is 0 Å². The van der Waals surface area contributed by atoms with Crippen molar-refractivity contribution >= 4 is 5.91 Å². The molecule has 1 aromatic carbocycles. The minimum absolute atomic E-state index is 0.347. The van der Waals surface area contributed by atoms with Crippen LogP contribution < -0.4 is 11.3 Å². The van der Waals surface area contributed by atoms with Crippen molar-refractivity contribution in [3.05, 3.63) is 63.6 Å². The highest BCUT2D eigenvalue weighted by atomic mass is 16.3. The summed E-state index contributed by atoms with van der Waals surface area (Å²) < 4.78 is 1.47. The fraction of sp³-hybridized carbons (Fsp3) is 0.250. The molecule has 0 aliphatic heterocycles. The number of nitrogens with zero attached hydrogens (tertiary/aromatic N) is 1. The number of aryl methyl sites for hydroxylation is 2. The summed E-state index contributed by atoms with van der Waals surface area (Å²) in [5, 5.41) is 9.85. The molecule has 5 heteroatoms. The number of carbonyl (C=O) groups excluding carboxylic acids is 1. The molecule has 0 saturated carbocycles. The number of carbonyl (C=O) groups is 1. The second-order valence-electron chi connectivity index (χ2n) is 4.80. The Balaban J connectivity index is 2.36. The smallest absolute Gasteiger partial charge is 0.267 e. The third-order valence-corrected chi connectivity index (χ3v) is 3.44. The maximum Gasteiger partial charge on any atom is 0.267 e. The lowest BCUT2D eigenvalue weighted by Gasteiger charge is -2.13. The molecule has 0 aliphatic rings. The van der Waals surface area contributed by atoms with Crippen molar-refractivity contribution in [1.82, 2.24) is 4.57 Å². The zero-order valence-corrected chi connectivity index (χ0v) is 11.9. The first-order chi connectivity index (χ1) is 10.0. The number of hydrogen-bond acceptors (Lipinski definition) is 3. The molecule has 0 atom stereocenters. The van der Waals surface area contributed by atoms with Gasteiger partial charge in [0.2, 0.25) is 0 Å². The Morgan fingerprint density at radius 2 is 1.90 bits per heavy atom. The highest BCUT2D eigenvalue weighted by Crippen LogP contribution is 2.16. The topological polar surface area (TPSA) is 85.3 Å². The van der Waals surface area contributed by atoms with Crippen LogP contribution in [0.15, 0.2) is 41.2 Å². The monoisotopic (exact) mass is 286 g/mol. The number of hydrogen-bond donors (Lipinski definition) is 2. The number of nitrogens with two attached hydrogens (primary N) is 1. The quantitative estimate of drug-likeness (QED) is 0.872. The first-order valence-electron chi connectivity index (χ1n) is 6.84. The summed E-state index contributed by atoms with van der Waals surface area (Å²) >= 11 is 0. The minimum atomic E-state index is -0.908. The van der Waals surface area contributed by atoms with Gasteiger partial charge in [0, 0.05) is 18.3 Å². The lowest BCUT2D eigenvalue weighted by Crippen LogP contribution is -2.31. The van der Waals surface area contributed by atoms with Crippen LogP contribution in [0.1, 0.15) is 28.5 Å². The Kier molecular flexibility index (Phi) is 4.42. The van der Waals surface area contributed by atoms with Crippen LogP contribution in [0.5, 0.6) is 5.75 Å². The third kappa shape index (κ3) is 3.13. The highest BCUT2D eigenvalue weighted by Gasteiger charge is 2.17. The van der Waals surface area contributed by atoms with Gasteiger partial charge in [0.05, 0.1) is 0 Å². The highest BCUT2D eigenvalue weighted by molar-refractivity contribution is 5.95. The molecule has 5 nitrogen and oxygen atoms in total. The Hall–Kier alpha value is -2.56. The van der Waals surface area contributed by atoms with Crippen molar-refractivity contribution in [3.63, 3.8) is 0 Å². The van der Waals surface area contributed by atoms with Gasteiger partial charge in [-0.25, -0.2) is 0 Å². The van der Waals surface area contributed by atoms with Crippen LogP contribution in [0.2, 0.25) is 0 Å². The second-order valence-corrected chi connectivity index (χ2v) is 4.80. The first-order valence-corrected chi connectivity index (χ1v) is 6.84. The molecule has 2 rings (SSSR count). The Morgan fingerprint density at radius 3 is 2.48 bits per heavy atom. The number of aromatic hydroxyl groups is 1. The van der Waals surface area contributed by atoms with Crippen molar-refractivity contribution in [2.45, 2.75) is 26.3 Å². The number of rotatable bonds is 5. The predicted molar refractivity (Wildman–Crippen MR) is 80.4 cm³/mol. The van der Waals surface area contributed by atoms with Crippen LogP contribution in [-0.4, -0.2) is 15.6 Å². The normalized spacial score (nSPS) is 10.5. The molecule has 0 saturated heterocycles. The van der Waals surface area contributed by atoms with E-state index < -0.39 is 11.5 Å². The number of primary amides is 1. The molecule has 1 amide bonds. The summed E-state index contributed by atoms with van der Waals surface area (Å²) in [6.07, 6.45) is 1.34. The molecule has 0 radical (unpaired) electrons. The molecule has 21 heavy (non-hydrogen) atoms. The number of amides is 1. The van der Waals surface area contributed by atoms with Crippen LogP contribution >= 0.6 is 0 Å². The molecule has 2 aromatic rings. The second kappa shape index (κ2) is 6.26. The van der Waals surface area contributed by atoms with Gasteiger partial charge in [-0.05, 0) is 25.3 Å². The number of pyridine rings is 1.